The highest BCUT2D eigenvalue weighted by Crippen LogP contribution is 2.36. The standard InChI is InChI=1S/C25H27ClN4O3/c1-17(2)30-16-27-21-13-18(7-8-22(21)30)23(31)28-11-4-9-25(10-12-28)15-29(24(32)33-25)20-6-3-5-19(26)14-20/h3,5-8,13-14,16-17H,4,9-12,15H2,1-2H3. The van der Waals surface area contributed by atoms with Gasteiger partial charge in [0.1, 0.15) is 5.60 Å². The molecule has 172 valence electrons. The van der Waals surface area contributed by atoms with Crippen LogP contribution >= 0.6 is 11.6 Å². The van der Waals surface area contributed by atoms with Gasteiger partial charge in [-0.1, -0.05) is 17.7 Å². The maximum Gasteiger partial charge on any atom is 0.415 e. The molecule has 2 aliphatic rings. The Morgan fingerprint density at radius 2 is 2.00 bits per heavy atom. The molecule has 2 amide bonds. The predicted molar refractivity (Wildman–Crippen MR) is 128 cm³/mol. The number of aromatic nitrogens is 2. The highest BCUT2D eigenvalue weighted by atomic mass is 35.5. The van der Waals surface area contributed by atoms with E-state index in [9.17, 15) is 9.59 Å². The van der Waals surface area contributed by atoms with Crippen LogP contribution in [0.1, 0.15) is 49.5 Å². The van der Waals surface area contributed by atoms with Crippen LogP contribution in [0.3, 0.4) is 0 Å². The molecule has 1 unspecified atom stereocenters. The number of hydrogen-bond acceptors (Lipinski definition) is 4. The number of ether oxygens (including phenoxy) is 1. The summed E-state index contributed by atoms with van der Waals surface area (Å²) < 4.78 is 7.98. The number of likely N-dealkylation sites (tertiary alicyclic amines) is 1. The molecular weight excluding hydrogens is 440 g/mol. The van der Waals surface area contributed by atoms with Crippen LogP contribution in [0.25, 0.3) is 11.0 Å². The lowest BCUT2D eigenvalue weighted by molar-refractivity contribution is 0.0438. The first-order valence-electron chi connectivity index (χ1n) is 11.4. The van der Waals surface area contributed by atoms with Crippen LogP contribution in [0.15, 0.2) is 48.8 Å². The Labute approximate surface area is 197 Å². The van der Waals surface area contributed by atoms with Gasteiger partial charge in [0.15, 0.2) is 0 Å². The highest BCUT2D eigenvalue weighted by Gasteiger charge is 2.46. The van der Waals surface area contributed by atoms with Crippen molar-refractivity contribution in [2.45, 2.75) is 44.8 Å². The number of anilines is 1. The van der Waals surface area contributed by atoms with Gasteiger partial charge in [-0.15, -0.1) is 0 Å². The van der Waals surface area contributed by atoms with E-state index in [4.69, 9.17) is 16.3 Å². The maximum atomic E-state index is 13.3. The summed E-state index contributed by atoms with van der Waals surface area (Å²) in [5.74, 6) is -0.0101. The molecule has 1 aromatic heterocycles. The second-order valence-corrected chi connectivity index (χ2v) is 9.65. The Balaban J connectivity index is 1.31. The average Bonchev–Trinajstić information content (AvgIpc) is 3.29. The van der Waals surface area contributed by atoms with E-state index < -0.39 is 5.60 Å². The molecule has 1 spiro atoms. The van der Waals surface area contributed by atoms with E-state index in [0.717, 1.165) is 29.6 Å². The third-order valence-electron chi connectivity index (χ3n) is 6.65. The van der Waals surface area contributed by atoms with Crippen molar-refractivity contribution in [2.24, 2.45) is 0 Å². The molecule has 8 heteroatoms. The number of amides is 2. The van der Waals surface area contributed by atoms with Crippen LogP contribution in [0.4, 0.5) is 10.5 Å². The summed E-state index contributed by atoms with van der Waals surface area (Å²) in [6.07, 6.45) is 3.55. The molecule has 2 aliphatic heterocycles. The van der Waals surface area contributed by atoms with Crippen LogP contribution in [0.5, 0.6) is 0 Å². The highest BCUT2D eigenvalue weighted by molar-refractivity contribution is 6.30. The largest absolute Gasteiger partial charge is 0.441 e. The number of imidazole rings is 1. The molecule has 3 heterocycles. The fourth-order valence-corrected chi connectivity index (χ4v) is 5.04. The maximum absolute atomic E-state index is 13.3. The summed E-state index contributed by atoms with van der Waals surface area (Å²) in [6, 6.07) is 13.2. The molecule has 0 saturated carbocycles. The molecule has 1 atom stereocenters. The summed E-state index contributed by atoms with van der Waals surface area (Å²) in [5, 5.41) is 0.578. The molecular formula is C25H27ClN4O3. The van der Waals surface area contributed by atoms with Gasteiger partial charge in [-0.05, 0) is 63.1 Å². The number of carbonyl (C=O) groups excluding carboxylic acids is 2. The lowest BCUT2D eigenvalue weighted by atomic mass is 9.95. The minimum absolute atomic E-state index is 0.0101. The smallest absolute Gasteiger partial charge is 0.415 e. The van der Waals surface area contributed by atoms with Crippen molar-refractivity contribution in [3.63, 3.8) is 0 Å². The monoisotopic (exact) mass is 466 g/mol. The van der Waals surface area contributed by atoms with Crippen molar-refractivity contribution in [3.05, 3.63) is 59.4 Å². The number of halogens is 1. The van der Waals surface area contributed by atoms with Gasteiger partial charge in [0, 0.05) is 41.8 Å². The van der Waals surface area contributed by atoms with E-state index in [2.05, 4.69) is 23.4 Å². The summed E-state index contributed by atoms with van der Waals surface area (Å²) in [4.78, 5) is 33.9. The van der Waals surface area contributed by atoms with Gasteiger partial charge < -0.3 is 14.2 Å². The number of carbonyl (C=O) groups is 2. The Kier molecular flexibility index (Phi) is 5.52. The number of benzene rings is 2. The van der Waals surface area contributed by atoms with E-state index >= 15 is 0 Å². The molecule has 2 aromatic carbocycles. The lowest BCUT2D eigenvalue weighted by Crippen LogP contribution is -2.37. The van der Waals surface area contributed by atoms with Crippen molar-refractivity contribution < 1.29 is 14.3 Å². The molecule has 33 heavy (non-hydrogen) atoms. The number of hydrogen-bond donors (Lipinski definition) is 0. The zero-order chi connectivity index (χ0) is 23.2. The topological polar surface area (TPSA) is 67.7 Å². The van der Waals surface area contributed by atoms with Crippen LogP contribution in [-0.4, -0.2) is 51.7 Å². The molecule has 0 N–H and O–H groups in total. The van der Waals surface area contributed by atoms with Crippen molar-refractivity contribution in [1.29, 1.82) is 0 Å². The number of fused-ring (bicyclic) bond motifs is 1. The summed E-state index contributed by atoms with van der Waals surface area (Å²) in [5.41, 5.74) is 2.62. The average molecular weight is 467 g/mol. The van der Waals surface area contributed by atoms with Crippen LogP contribution in [0, 0.1) is 0 Å². The van der Waals surface area contributed by atoms with Crippen molar-refractivity contribution in [3.8, 4) is 0 Å². The van der Waals surface area contributed by atoms with Gasteiger partial charge in [0.2, 0.25) is 0 Å². The Morgan fingerprint density at radius 3 is 2.79 bits per heavy atom. The third kappa shape index (κ3) is 4.06. The number of nitrogens with zero attached hydrogens (tertiary/aromatic N) is 4. The summed E-state index contributed by atoms with van der Waals surface area (Å²) in [7, 11) is 0. The van der Waals surface area contributed by atoms with Crippen LogP contribution in [-0.2, 0) is 4.74 Å². The van der Waals surface area contributed by atoms with E-state index in [1.54, 1.807) is 17.0 Å². The third-order valence-corrected chi connectivity index (χ3v) is 6.89. The van der Waals surface area contributed by atoms with Gasteiger partial charge in [-0.25, -0.2) is 9.78 Å². The minimum atomic E-state index is -0.589. The van der Waals surface area contributed by atoms with Crippen molar-refractivity contribution in [2.75, 3.05) is 24.5 Å². The van der Waals surface area contributed by atoms with E-state index in [1.165, 1.54) is 0 Å². The minimum Gasteiger partial charge on any atom is -0.441 e. The zero-order valence-corrected chi connectivity index (χ0v) is 19.6. The van der Waals surface area contributed by atoms with Crippen molar-refractivity contribution >= 4 is 40.3 Å². The summed E-state index contributed by atoms with van der Waals surface area (Å²) >= 11 is 6.11. The Hall–Kier alpha value is -3.06. The predicted octanol–water partition coefficient (Wildman–Crippen LogP) is 5.29. The van der Waals surface area contributed by atoms with Crippen molar-refractivity contribution in [1.82, 2.24) is 14.5 Å². The molecule has 2 fully saturated rings. The first-order chi connectivity index (χ1) is 15.8. The van der Waals surface area contributed by atoms with E-state index in [0.29, 0.717) is 42.7 Å². The lowest BCUT2D eigenvalue weighted by Gasteiger charge is -2.25. The van der Waals surface area contributed by atoms with Gasteiger partial charge in [0.25, 0.3) is 5.91 Å². The molecule has 2 saturated heterocycles. The zero-order valence-electron chi connectivity index (χ0n) is 18.8. The SMILES string of the molecule is CC(C)n1cnc2cc(C(=O)N3CCCC4(CC3)CN(c3cccc(Cl)c3)C(=O)O4)ccc21. The molecule has 0 radical (unpaired) electrons. The molecule has 5 rings (SSSR count). The molecule has 3 aromatic rings. The van der Waals surface area contributed by atoms with Gasteiger partial charge in [-0.3, -0.25) is 9.69 Å². The normalized spacial score (nSPS) is 21.2. The second kappa shape index (κ2) is 8.37. The fraction of sp³-hybridized carbons (Fsp3) is 0.400. The van der Waals surface area contributed by atoms with Gasteiger partial charge >= 0.3 is 6.09 Å². The van der Waals surface area contributed by atoms with Crippen LogP contribution in [0.2, 0.25) is 5.02 Å². The van der Waals surface area contributed by atoms with Gasteiger partial charge in [0.05, 0.1) is 23.9 Å². The first-order valence-corrected chi connectivity index (χ1v) is 11.7. The Morgan fingerprint density at radius 1 is 1.15 bits per heavy atom. The van der Waals surface area contributed by atoms with E-state index in [-0.39, 0.29) is 12.0 Å². The molecule has 0 bridgehead atoms. The molecule has 0 aliphatic carbocycles. The fourth-order valence-electron chi connectivity index (χ4n) is 4.86. The second-order valence-electron chi connectivity index (χ2n) is 9.21. The number of rotatable bonds is 3. The van der Waals surface area contributed by atoms with E-state index in [1.807, 2.05) is 41.6 Å². The van der Waals surface area contributed by atoms with Crippen LogP contribution < -0.4 is 4.90 Å². The molecule has 7 nitrogen and oxygen atoms in total. The van der Waals surface area contributed by atoms with Gasteiger partial charge in [-0.2, -0.15) is 0 Å². The Bertz CT molecular complexity index is 1220. The first kappa shape index (κ1) is 21.8. The quantitative estimate of drug-likeness (QED) is 0.525. The summed E-state index contributed by atoms with van der Waals surface area (Å²) in [6.45, 7) is 5.85.